The van der Waals surface area contributed by atoms with E-state index in [2.05, 4.69) is 18.9 Å². The van der Waals surface area contributed by atoms with Gasteiger partial charge < -0.3 is 4.74 Å². The number of ketones is 1. The average Bonchev–Trinajstić information content (AvgIpc) is 2.78. The third-order valence-electron chi connectivity index (χ3n) is 4.35. The van der Waals surface area contributed by atoms with Crippen LogP contribution in [0.3, 0.4) is 0 Å². The molecule has 4 nitrogen and oxygen atoms in total. The standard InChI is InChI=1S/C21H24N2O2/c1-15(2)12-13-23-19-14-17(25-3)10-11-18(19)20(22-23)21(24)16-8-6-4-5-7-9-16/h4-6,8-11,14-15H,7,12-13H2,1-3H3. The van der Waals surface area contributed by atoms with E-state index in [0.29, 0.717) is 17.2 Å². The molecule has 0 amide bonds. The highest BCUT2D eigenvalue weighted by Gasteiger charge is 2.20. The molecule has 0 bridgehead atoms. The number of aryl methyl sites for hydroxylation is 1. The van der Waals surface area contributed by atoms with Crippen molar-refractivity contribution >= 4 is 16.7 Å². The number of hydrogen-bond donors (Lipinski definition) is 0. The summed E-state index contributed by atoms with van der Waals surface area (Å²) >= 11 is 0. The molecule has 0 fully saturated rings. The molecule has 0 radical (unpaired) electrons. The van der Waals surface area contributed by atoms with Crippen LogP contribution in [0.25, 0.3) is 10.9 Å². The van der Waals surface area contributed by atoms with Crippen LogP contribution >= 0.6 is 0 Å². The van der Waals surface area contributed by atoms with Gasteiger partial charge in [-0.2, -0.15) is 5.10 Å². The monoisotopic (exact) mass is 336 g/mol. The van der Waals surface area contributed by atoms with E-state index in [1.807, 2.05) is 53.3 Å². The molecule has 1 aromatic carbocycles. The predicted octanol–water partition coefficient (Wildman–Crippen LogP) is 4.72. The van der Waals surface area contributed by atoms with Crippen LogP contribution in [-0.2, 0) is 6.54 Å². The smallest absolute Gasteiger partial charge is 0.213 e. The maximum absolute atomic E-state index is 13.0. The number of nitrogens with zero attached hydrogens (tertiary/aromatic N) is 2. The highest BCUT2D eigenvalue weighted by atomic mass is 16.5. The molecule has 130 valence electrons. The van der Waals surface area contributed by atoms with Crippen molar-refractivity contribution in [3.63, 3.8) is 0 Å². The minimum Gasteiger partial charge on any atom is -0.497 e. The molecule has 0 atom stereocenters. The van der Waals surface area contributed by atoms with Crippen LogP contribution in [-0.4, -0.2) is 22.7 Å². The van der Waals surface area contributed by atoms with Crippen LogP contribution in [0, 0.1) is 5.92 Å². The van der Waals surface area contributed by atoms with Crippen molar-refractivity contribution in [3.05, 3.63) is 59.8 Å². The van der Waals surface area contributed by atoms with Crippen LogP contribution in [0.15, 0.2) is 54.2 Å². The molecular weight excluding hydrogens is 312 g/mol. The second-order valence-corrected chi connectivity index (χ2v) is 6.65. The Bertz CT molecular complexity index is 869. The Hall–Kier alpha value is -2.62. The van der Waals surface area contributed by atoms with Crippen LogP contribution in [0.1, 0.15) is 37.2 Å². The average molecular weight is 336 g/mol. The maximum Gasteiger partial charge on any atom is 0.213 e. The molecule has 4 heteroatoms. The lowest BCUT2D eigenvalue weighted by molar-refractivity contribution is 0.103. The number of carbonyl (C=O) groups is 1. The highest BCUT2D eigenvalue weighted by Crippen LogP contribution is 2.26. The number of allylic oxidation sites excluding steroid dienone is 6. The Morgan fingerprint density at radius 1 is 1.32 bits per heavy atom. The lowest BCUT2D eigenvalue weighted by Crippen LogP contribution is -2.07. The van der Waals surface area contributed by atoms with E-state index in [4.69, 9.17) is 4.74 Å². The van der Waals surface area contributed by atoms with Gasteiger partial charge in [-0.15, -0.1) is 0 Å². The van der Waals surface area contributed by atoms with E-state index in [1.54, 1.807) is 7.11 Å². The van der Waals surface area contributed by atoms with Crippen molar-refractivity contribution in [2.45, 2.75) is 33.2 Å². The fraction of sp³-hybridized carbons (Fsp3) is 0.333. The number of aromatic nitrogens is 2. The molecule has 1 aliphatic carbocycles. The van der Waals surface area contributed by atoms with E-state index in [0.717, 1.165) is 36.0 Å². The van der Waals surface area contributed by atoms with Crippen LogP contribution in [0.5, 0.6) is 5.75 Å². The minimum absolute atomic E-state index is 0.0292. The van der Waals surface area contributed by atoms with Gasteiger partial charge in [-0.3, -0.25) is 9.48 Å². The summed E-state index contributed by atoms with van der Waals surface area (Å²) < 4.78 is 7.28. The molecule has 0 aliphatic heterocycles. The number of Topliss-reactive ketones (excluding diaryl/α,β-unsaturated/α-hetero) is 1. The molecule has 0 N–H and O–H groups in total. The normalized spacial score (nSPS) is 14.0. The van der Waals surface area contributed by atoms with E-state index in [1.165, 1.54) is 0 Å². The fourth-order valence-electron chi connectivity index (χ4n) is 2.88. The molecule has 0 saturated carbocycles. The van der Waals surface area contributed by atoms with Crippen LogP contribution in [0.4, 0.5) is 0 Å². The molecule has 3 rings (SSSR count). The Balaban J connectivity index is 2.05. The second kappa shape index (κ2) is 7.51. The zero-order valence-corrected chi connectivity index (χ0v) is 15.0. The van der Waals surface area contributed by atoms with E-state index in [9.17, 15) is 4.79 Å². The van der Waals surface area contributed by atoms with E-state index in [-0.39, 0.29) is 5.78 Å². The summed E-state index contributed by atoms with van der Waals surface area (Å²) in [5, 5.41) is 5.53. The summed E-state index contributed by atoms with van der Waals surface area (Å²) in [5.41, 5.74) is 2.15. The number of ether oxygens (including phenoxy) is 1. The van der Waals surface area contributed by atoms with Crippen LogP contribution in [0.2, 0.25) is 0 Å². The van der Waals surface area contributed by atoms with Crippen molar-refractivity contribution in [1.82, 2.24) is 9.78 Å². The lowest BCUT2D eigenvalue weighted by Gasteiger charge is -2.06. The molecule has 1 heterocycles. The van der Waals surface area contributed by atoms with Gasteiger partial charge in [0.1, 0.15) is 11.4 Å². The molecule has 0 unspecified atom stereocenters. The Labute approximate surface area is 148 Å². The largest absolute Gasteiger partial charge is 0.497 e. The van der Waals surface area contributed by atoms with Gasteiger partial charge in [0.2, 0.25) is 5.78 Å². The SMILES string of the molecule is COc1ccc2c(C(=O)C3=CCC=CC=C3)nn(CCC(C)C)c2c1. The minimum atomic E-state index is -0.0292. The number of methoxy groups -OCH3 is 1. The van der Waals surface area contributed by atoms with Gasteiger partial charge in [0.05, 0.1) is 12.6 Å². The number of rotatable bonds is 6. The lowest BCUT2D eigenvalue weighted by atomic mass is 10.0. The highest BCUT2D eigenvalue weighted by molar-refractivity contribution is 6.16. The summed E-state index contributed by atoms with van der Waals surface area (Å²) in [7, 11) is 1.65. The first-order chi connectivity index (χ1) is 12.1. The number of fused-ring (bicyclic) bond motifs is 1. The topological polar surface area (TPSA) is 44.1 Å². The number of benzene rings is 1. The van der Waals surface area contributed by atoms with Gasteiger partial charge in [-0.05, 0) is 30.9 Å². The molecule has 2 aromatic rings. The summed E-state index contributed by atoms with van der Waals surface area (Å²) in [6.07, 6.45) is 11.5. The summed E-state index contributed by atoms with van der Waals surface area (Å²) in [5.74, 6) is 1.32. The van der Waals surface area contributed by atoms with Gasteiger partial charge in [-0.25, -0.2) is 0 Å². The summed E-state index contributed by atoms with van der Waals surface area (Å²) in [6.45, 7) is 5.16. The van der Waals surface area contributed by atoms with Crippen molar-refractivity contribution in [2.75, 3.05) is 7.11 Å². The first kappa shape index (κ1) is 17.2. The predicted molar refractivity (Wildman–Crippen MR) is 101 cm³/mol. The van der Waals surface area contributed by atoms with Gasteiger partial charge in [0, 0.05) is 23.6 Å². The van der Waals surface area contributed by atoms with Crippen molar-refractivity contribution < 1.29 is 9.53 Å². The Morgan fingerprint density at radius 3 is 2.92 bits per heavy atom. The Morgan fingerprint density at radius 2 is 2.16 bits per heavy atom. The Kier molecular flexibility index (Phi) is 5.17. The fourth-order valence-corrected chi connectivity index (χ4v) is 2.88. The zero-order chi connectivity index (χ0) is 17.8. The molecule has 25 heavy (non-hydrogen) atoms. The van der Waals surface area contributed by atoms with Crippen molar-refractivity contribution in [1.29, 1.82) is 0 Å². The molecule has 0 saturated heterocycles. The van der Waals surface area contributed by atoms with E-state index < -0.39 is 0 Å². The molecular formula is C21H24N2O2. The van der Waals surface area contributed by atoms with Gasteiger partial charge >= 0.3 is 0 Å². The van der Waals surface area contributed by atoms with Crippen molar-refractivity contribution in [3.8, 4) is 5.75 Å². The van der Waals surface area contributed by atoms with Gasteiger partial charge in [-0.1, -0.05) is 44.2 Å². The second-order valence-electron chi connectivity index (χ2n) is 6.65. The third kappa shape index (κ3) is 3.73. The molecule has 1 aliphatic rings. The maximum atomic E-state index is 13.0. The van der Waals surface area contributed by atoms with Crippen molar-refractivity contribution in [2.24, 2.45) is 5.92 Å². The first-order valence-corrected chi connectivity index (χ1v) is 8.72. The summed E-state index contributed by atoms with van der Waals surface area (Å²) in [4.78, 5) is 13.0. The molecule has 1 aromatic heterocycles. The van der Waals surface area contributed by atoms with Crippen LogP contribution < -0.4 is 4.74 Å². The zero-order valence-electron chi connectivity index (χ0n) is 15.0. The number of hydrogen-bond acceptors (Lipinski definition) is 3. The number of carbonyl (C=O) groups excluding carboxylic acids is 1. The van der Waals surface area contributed by atoms with Gasteiger partial charge in [0.15, 0.2) is 0 Å². The summed E-state index contributed by atoms with van der Waals surface area (Å²) in [6, 6.07) is 5.77. The van der Waals surface area contributed by atoms with Gasteiger partial charge in [0.25, 0.3) is 0 Å². The quantitative estimate of drug-likeness (QED) is 0.717. The van der Waals surface area contributed by atoms with E-state index >= 15 is 0 Å². The first-order valence-electron chi connectivity index (χ1n) is 8.72. The third-order valence-corrected chi connectivity index (χ3v) is 4.35. The molecule has 0 spiro atoms.